The van der Waals surface area contributed by atoms with Crippen LogP contribution in [-0.2, 0) is 9.71 Å². The predicted octanol–water partition coefficient (Wildman–Crippen LogP) is 9.20. The standard InChI is InChI=1S/C30H38BrFN4OS.C4H6.C2H6/c1-22-9-7-16-30(5,17-15-22)24(3)19-29(36-25(4)28(31)21-34-36)33-20-23(2)10-8-18-35-38(6,37)27-13-11-26(32)12-14-27;1-3-4-2;1-2/h7-15,19,21,23,33H,3,6,16-18,20H2,1-2,4-5H3,(H,35,37);3-4H,1-2H2;1-2H3/b10-8+,29-19-;;. The highest BCUT2D eigenvalue weighted by Crippen LogP contribution is 2.38. The van der Waals surface area contributed by atoms with Gasteiger partial charge in [0.2, 0.25) is 0 Å². The number of halogens is 2. The molecule has 0 radical (unpaired) electrons. The van der Waals surface area contributed by atoms with E-state index in [1.807, 2.05) is 31.5 Å². The summed E-state index contributed by atoms with van der Waals surface area (Å²) in [5.74, 6) is 4.46. The number of benzene rings is 1. The summed E-state index contributed by atoms with van der Waals surface area (Å²) < 4.78 is 31.8. The molecular weight excluding hydrogens is 635 g/mol. The third-order valence-electron chi connectivity index (χ3n) is 6.95. The van der Waals surface area contributed by atoms with Gasteiger partial charge < -0.3 is 5.32 Å². The minimum Gasteiger partial charge on any atom is -0.369 e. The molecule has 1 aliphatic carbocycles. The molecule has 8 heteroatoms. The van der Waals surface area contributed by atoms with Crippen molar-refractivity contribution in [1.29, 1.82) is 0 Å². The molecule has 0 fully saturated rings. The van der Waals surface area contributed by atoms with Gasteiger partial charge in [-0.15, -0.1) is 0 Å². The molecule has 5 nitrogen and oxygen atoms in total. The Morgan fingerprint density at radius 1 is 1.20 bits per heavy atom. The Hall–Kier alpha value is -3.20. The van der Waals surface area contributed by atoms with E-state index in [0.29, 0.717) is 18.0 Å². The van der Waals surface area contributed by atoms with Crippen molar-refractivity contribution in [3.8, 4) is 0 Å². The first-order chi connectivity index (χ1) is 20.8. The quantitative estimate of drug-likeness (QED) is 0.133. The van der Waals surface area contributed by atoms with Gasteiger partial charge in [0.1, 0.15) is 11.6 Å². The van der Waals surface area contributed by atoms with Gasteiger partial charge in [-0.2, -0.15) is 5.10 Å². The zero-order valence-electron chi connectivity index (χ0n) is 27.2. The summed E-state index contributed by atoms with van der Waals surface area (Å²) >= 11 is 3.57. The lowest BCUT2D eigenvalue weighted by Crippen LogP contribution is -2.26. The van der Waals surface area contributed by atoms with Crippen molar-refractivity contribution in [2.45, 2.75) is 59.3 Å². The average Bonchev–Trinajstić information content (AvgIpc) is 3.23. The fourth-order valence-electron chi connectivity index (χ4n) is 4.02. The lowest BCUT2D eigenvalue weighted by molar-refractivity contribution is 0.421. The SMILES string of the molecule is C=C(/C=C(/NCC(C)/C=C/CNS(=C)(=O)c1ccc(F)cc1)n1ncc(Br)c1C)C1(C)CC=CC(C)=CC1.C=CC=C.CC. The van der Waals surface area contributed by atoms with Crippen LogP contribution in [0.2, 0.25) is 0 Å². The molecule has 2 N–H and O–H groups in total. The molecule has 0 saturated carbocycles. The van der Waals surface area contributed by atoms with E-state index in [-0.39, 0.29) is 17.2 Å². The maximum atomic E-state index is 13.2. The average molecular weight is 686 g/mol. The largest absolute Gasteiger partial charge is 0.369 e. The van der Waals surface area contributed by atoms with Gasteiger partial charge >= 0.3 is 0 Å². The van der Waals surface area contributed by atoms with Crippen LogP contribution in [0.3, 0.4) is 0 Å². The first-order valence-corrected chi connectivity index (χ1v) is 17.3. The van der Waals surface area contributed by atoms with Gasteiger partial charge in [-0.3, -0.25) is 0 Å². The number of nitrogens with zero attached hydrogens (tertiary/aromatic N) is 2. The summed E-state index contributed by atoms with van der Waals surface area (Å²) in [7, 11) is -2.70. The van der Waals surface area contributed by atoms with Gasteiger partial charge in [0.25, 0.3) is 0 Å². The molecule has 44 heavy (non-hydrogen) atoms. The predicted molar refractivity (Wildman–Crippen MR) is 194 cm³/mol. The molecule has 3 rings (SSSR count). The number of nitrogens with one attached hydrogen (secondary N) is 2. The van der Waals surface area contributed by atoms with Gasteiger partial charge in [0.15, 0.2) is 0 Å². The highest BCUT2D eigenvalue weighted by atomic mass is 79.9. The molecule has 240 valence electrons. The van der Waals surface area contributed by atoms with Crippen molar-refractivity contribution in [1.82, 2.24) is 19.8 Å². The molecular formula is C36H50BrFN4OS. The molecule has 0 saturated heterocycles. The minimum atomic E-state index is -2.70. The van der Waals surface area contributed by atoms with Gasteiger partial charge in [-0.25, -0.2) is 18.0 Å². The van der Waals surface area contributed by atoms with Crippen LogP contribution in [0.25, 0.3) is 5.82 Å². The smallest absolute Gasteiger partial charge is 0.128 e. The number of hydrogen-bond donors (Lipinski definition) is 2. The van der Waals surface area contributed by atoms with E-state index < -0.39 is 9.71 Å². The highest BCUT2D eigenvalue weighted by Gasteiger charge is 2.26. The van der Waals surface area contributed by atoms with Gasteiger partial charge in [-0.1, -0.05) is 95.5 Å². The summed E-state index contributed by atoms with van der Waals surface area (Å²) in [6.45, 7) is 24.7. The summed E-state index contributed by atoms with van der Waals surface area (Å²) in [4.78, 5) is 0.473. The number of aromatic nitrogens is 2. The molecule has 1 aliphatic rings. The number of hydrogen-bond acceptors (Lipinski definition) is 3. The van der Waals surface area contributed by atoms with Crippen LogP contribution in [0.15, 0.2) is 119 Å². The lowest BCUT2D eigenvalue weighted by Gasteiger charge is -2.28. The van der Waals surface area contributed by atoms with Crippen molar-refractivity contribution in [2.24, 2.45) is 11.3 Å². The zero-order chi connectivity index (χ0) is 33.3. The number of rotatable bonds is 12. The summed E-state index contributed by atoms with van der Waals surface area (Å²) in [5.41, 5.74) is 3.23. The third-order valence-corrected chi connectivity index (χ3v) is 9.40. The van der Waals surface area contributed by atoms with Crippen LogP contribution in [-0.4, -0.2) is 32.9 Å². The van der Waals surface area contributed by atoms with E-state index in [0.717, 1.165) is 34.4 Å². The Labute approximate surface area is 274 Å². The summed E-state index contributed by atoms with van der Waals surface area (Å²) in [6, 6.07) is 5.56. The van der Waals surface area contributed by atoms with E-state index in [1.165, 1.54) is 29.8 Å². The van der Waals surface area contributed by atoms with Crippen molar-refractivity contribution in [2.75, 3.05) is 13.1 Å². The molecule has 1 heterocycles. The number of allylic oxidation sites excluding steroid dienone is 8. The van der Waals surface area contributed by atoms with Crippen LogP contribution >= 0.6 is 15.9 Å². The third kappa shape index (κ3) is 12.4. The van der Waals surface area contributed by atoms with E-state index in [4.69, 9.17) is 0 Å². The highest BCUT2D eigenvalue weighted by molar-refractivity contribution is 9.10. The molecule has 1 aromatic carbocycles. The molecule has 3 atom stereocenters. The molecule has 0 bridgehead atoms. The Balaban J connectivity index is 0.00000149. The first kappa shape index (κ1) is 38.8. The topological polar surface area (TPSA) is 58.9 Å². The second-order valence-electron chi connectivity index (χ2n) is 10.6. The second kappa shape index (κ2) is 19.2. The normalized spacial score (nSPS) is 18.4. The van der Waals surface area contributed by atoms with E-state index >= 15 is 0 Å². The summed E-state index contributed by atoms with van der Waals surface area (Å²) in [5, 5.41) is 8.12. The van der Waals surface area contributed by atoms with Crippen LogP contribution in [0.1, 0.15) is 53.2 Å². The second-order valence-corrected chi connectivity index (χ2v) is 13.6. The summed E-state index contributed by atoms with van der Waals surface area (Å²) in [6.07, 6.45) is 19.7. The van der Waals surface area contributed by atoms with Gasteiger partial charge in [-0.05, 0) is 95.7 Å². The van der Waals surface area contributed by atoms with Crippen LogP contribution in [0.5, 0.6) is 0 Å². The van der Waals surface area contributed by atoms with E-state index in [1.54, 1.807) is 18.3 Å². The van der Waals surface area contributed by atoms with Crippen LogP contribution in [0, 0.1) is 24.1 Å². The fraction of sp³-hybridized carbons (Fsp3) is 0.333. The molecule has 0 aliphatic heterocycles. The molecule has 0 spiro atoms. The Kier molecular flexibility index (Phi) is 17.0. The van der Waals surface area contributed by atoms with Crippen molar-refractivity contribution < 1.29 is 8.60 Å². The van der Waals surface area contributed by atoms with Crippen LogP contribution < -0.4 is 10.0 Å². The molecule has 0 amide bonds. The monoisotopic (exact) mass is 684 g/mol. The Morgan fingerprint density at radius 3 is 2.41 bits per heavy atom. The minimum absolute atomic E-state index is 0.0808. The van der Waals surface area contributed by atoms with Crippen molar-refractivity contribution in [3.63, 3.8) is 0 Å². The van der Waals surface area contributed by atoms with Gasteiger partial charge in [0.05, 0.1) is 26.1 Å². The Bertz CT molecular complexity index is 1460. The first-order valence-electron chi connectivity index (χ1n) is 14.8. The molecule has 3 unspecified atom stereocenters. The van der Waals surface area contributed by atoms with Crippen LogP contribution in [0.4, 0.5) is 4.39 Å². The fourth-order valence-corrected chi connectivity index (χ4v) is 5.39. The van der Waals surface area contributed by atoms with Crippen molar-refractivity contribution >= 4 is 37.3 Å². The van der Waals surface area contributed by atoms with Crippen molar-refractivity contribution in [3.05, 3.63) is 126 Å². The van der Waals surface area contributed by atoms with E-state index in [2.05, 4.69) is 108 Å². The maximum Gasteiger partial charge on any atom is 0.128 e. The molecule has 2 aromatic rings. The zero-order valence-corrected chi connectivity index (χ0v) is 29.6. The maximum absolute atomic E-state index is 13.2. The Morgan fingerprint density at radius 2 is 1.84 bits per heavy atom. The lowest BCUT2D eigenvalue weighted by atomic mass is 9.77. The molecule has 1 aromatic heterocycles. The van der Waals surface area contributed by atoms with E-state index in [9.17, 15) is 8.60 Å². The van der Waals surface area contributed by atoms with Gasteiger partial charge in [0, 0.05) is 18.0 Å².